The van der Waals surface area contributed by atoms with Crippen LogP contribution < -0.4 is 0 Å². The highest BCUT2D eigenvalue weighted by molar-refractivity contribution is 6.30. The molecule has 0 atom stereocenters. The summed E-state index contributed by atoms with van der Waals surface area (Å²) < 4.78 is 1.30. The van der Waals surface area contributed by atoms with E-state index in [2.05, 4.69) is 15.1 Å². The number of halogens is 1. The fourth-order valence-corrected chi connectivity index (χ4v) is 1.12. The first-order chi connectivity index (χ1) is 7.16. The van der Waals surface area contributed by atoms with Gasteiger partial charge in [-0.1, -0.05) is 11.6 Å². The first-order valence-corrected chi connectivity index (χ1v) is 4.31. The van der Waals surface area contributed by atoms with Gasteiger partial charge in [-0.3, -0.25) is 0 Å². The molecule has 7 heteroatoms. The summed E-state index contributed by atoms with van der Waals surface area (Å²) in [7, 11) is 0. The van der Waals surface area contributed by atoms with Crippen LogP contribution in [0.3, 0.4) is 0 Å². The third kappa shape index (κ3) is 1.94. The third-order valence-corrected chi connectivity index (χ3v) is 1.81. The predicted molar refractivity (Wildman–Crippen MR) is 51.1 cm³/mol. The summed E-state index contributed by atoms with van der Waals surface area (Å²) in [6.45, 7) is 0. The minimum atomic E-state index is -1.11. The van der Waals surface area contributed by atoms with Crippen molar-refractivity contribution in [3.05, 3.63) is 35.4 Å². The average Bonchev–Trinajstić information content (AvgIpc) is 2.65. The second kappa shape index (κ2) is 3.66. The van der Waals surface area contributed by atoms with Gasteiger partial charge in [0.25, 0.3) is 5.95 Å². The fraction of sp³-hybridized carbons (Fsp3) is 0. The molecule has 2 rings (SSSR count). The van der Waals surface area contributed by atoms with Gasteiger partial charge in [-0.15, -0.1) is 0 Å². The minimum absolute atomic E-state index is 0.0911. The third-order valence-electron chi connectivity index (χ3n) is 1.62. The van der Waals surface area contributed by atoms with E-state index in [1.807, 2.05) is 0 Å². The van der Waals surface area contributed by atoms with Crippen molar-refractivity contribution in [1.82, 2.24) is 19.7 Å². The largest absolute Gasteiger partial charge is 0.477 e. The SMILES string of the molecule is O=C(O)c1ccnc(-n2cc(Cl)cn2)n1. The fourth-order valence-electron chi connectivity index (χ4n) is 0.988. The molecule has 6 nitrogen and oxygen atoms in total. The number of carboxylic acid groups (broad SMARTS) is 1. The molecular formula is C8H5ClN4O2. The van der Waals surface area contributed by atoms with Crippen LogP contribution in [0.5, 0.6) is 0 Å². The molecule has 1 N–H and O–H groups in total. The molecule has 0 aliphatic carbocycles. The molecule has 0 saturated heterocycles. The summed E-state index contributed by atoms with van der Waals surface area (Å²) in [6, 6.07) is 1.30. The van der Waals surface area contributed by atoms with Gasteiger partial charge in [-0.2, -0.15) is 5.10 Å². The number of nitrogens with zero attached hydrogens (tertiary/aromatic N) is 4. The Bertz CT molecular complexity index is 511. The van der Waals surface area contributed by atoms with E-state index in [9.17, 15) is 4.79 Å². The predicted octanol–water partition coefficient (Wildman–Crippen LogP) is 1.01. The molecule has 0 amide bonds. The molecule has 2 heterocycles. The number of hydrogen-bond donors (Lipinski definition) is 1. The van der Waals surface area contributed by atoms with E-state index in [0.717, 1.165) is 0 Å². The first kappa shape index (κ1) is 9.60. The van der Waals surface area contributed by atoms with Crippen LogP contribution in [0.15, 0.2) is 24.7 Å². The molecule has 0 bridgehead atoms. The van der Waals surface area contributed by atoms with Gasteiger partial charge >= 0.3 is 5.97 Å². The summed E-state index contributed by atoms with van der Waals surface area (Å²) in [5.74, 6) is -0.946. The van der Waals surface area contributed by atoms with Gasteiger partial charge < -0.3 is 5.11 Å². The Hall–Kier alpha value is -1.95. The van der Waals surface area contributed by atoms with Crippen molar-refractivity contribution in [2.75, 3.05) is 0 Å². The number of hydrogen-bond acceptors (Lipinski definition) is 4. The molecule has 0 fully saturated rings. The molecule has 0 saturated carbocycles. The molecule has 2 aromatic rings. The Morgan fingerprint density at radius 2 is 2.33 bits per heavy atom. The summed E-state index contributed by atoms with van der Waals surface area (Å²) in [5, 5.41) is 13.0. The van der Waals surface area contributed by atoms with Crippen molar-refractivity contribution in [2.45, 2.75) is 0 Å². The average molecular weight is 225 g/mol. The maximum atomic E-state index is 10.6. The Kier molecular flexibility index (Phi) is 2.34. The number of carbonyl (C=O) groups is 1. The highest BCUT2D eigenvalue weighted by atomic mass is 35.5. The van der Waals surface area contributed by atoms with Crippen molar-refractivity contribution >= 4 is 17.6 Å². The standard InChI is InChI=1S/C8H5ClN4O2/c9-5-3-11-13(4-5)8-10-2-1-6(12-8)7(14)15/h1-4H,(H,14,15). The highest BCUT2D eigenvalue weighted by Crippen LogP contribution is 2.08. The lowest BCUT2D eigenvalue weighted by Crippen LogP contribution is -2.07. The topological polar surface area (TPSA) is 80.9 Å². The van der Waals surface area contributed by atoms with Crippen LogP contribution in [0.25, 0.3) is 5.95 Å². The second-order valence-corrected chi connectivity index (χ2v) is 3.09. The van der Waals surface area contributed by atoms with E-state index >= 15 is 0 Å². The highest BCUT2D eigenvalue weighted by Gasteiger charge is 2.08. The lowest BCUT2D eigenvalue weighted by Gasteiger charge is -1.99. The van der Waals surface area contributed by atoms with Gasteiger partial charge in [-0.05, 0) is 6.07 Å². The van der Waals surface area contributed by atoms with Gasteiger partial charge in [0, 0.05) is 6.20 Å². The normalized spacial score (nSPS) is 10.2. The molecule has 0 spiro atoms. The Labute approximate surface area is 89.2 Å². The molecule has 76 valence electrons. The van der Waals surface area contributed by atoms with Gasteiger partial charge in [0.05, 0.1) is 17.4 Å². The van der Waals surface area contributed by atoms with Gasteiger partial charge in [0.15, 0.2) is 5.69 Å². The van der Waals surface area contributed by atoms with Crippen LogP contribution in [-0.2, 0) is 0 Å². The van der Waals surface area contributed by atoms with Crippen LogP contribution in [0, 0.1) is 0 Å². The van der Waals surface area contributed by atoms with Crippen LogP contribution in [0.2, 0.25) is 5.02 Å². The smallest absolute Gasteiger partial charge is 0.354 e. The van der Waals surface area contributed by atoms with Gasteiger partial charge in [0.1, 0.15) is 0 Å². The second-order valence-electron chi connectivity index (χ2n) is 2.65. The lowest BCUT2D eigenvalue weighted by atomic mass is 10.4. The summed E-state index contributed by atoms with van der Waals surface area (Å²) >= 11 is 5.66. The van der Waals surface area contributed by atoms with Gasteiger partial charge in [0.2, 0.25) is 0 Å². The van der Waals surface area contributed by atoms with Gasteiger partial charge in [-0.25, -0.2) is 19.4 Å². The van der Waals surface area contributed by atoms with Crippen molar-refractivity contribution in [3.8, 4) is 5.95 Å². The van der Waals surface area contributed by atoms with E-state index in [4.69, 9.17) is 16.7 Å². The van der Waals surface area contributed by atoms with Crippen molar-refractivity contribution in [1.29, 1.82) is 0 Å². The minimum Gasteiger partial charge on any atom is -0.477 e. The number of carboxylic acids is 1. The monoisotopic (exact) mass is 224 g/mol. The molecule has 0 aliphatic rings. The van der Waals surface area contributed by atoms with Crippen LogP contribution in [0.1, 0.15) is 10.5 Å². The van der Waals surface area contributed by atoms with Crippen LogP contribution in [-0.4, -0.2) is 30.8 Å². The number of aromatic nitrogens is 4. The van der Waals surface area contributed by atoms with Crippen LogP contribution in [0.4, 0.5) is 0 Å². The van der Waals surface area contributed by atoms with E-state index in [0.29, 0.717) is 5.02 Å². The molecule has 0 aliphatic heterocycles. The zero-order chi connectivity index (χ0) is 10.8. The van der Waals surface area contributed by atoms with Crippen molar-refractivity contribution in [2.24, 2.45) is 0 Å². The Morgan fingerprint density at radius 3 is 2.93 bits per heavy atom. The van der Waals surface area contributed by atoms with Crippen molar-refractivity contribution in [3.63, 3.8) is 0 Å². The molecule has 0 unspecified atom stereocenters. The molecule has 15 heavy (non-hydrogen) atoms. The summed E-state index contributed by atoms with van der Waals surface area (Å²) in [5.41, 5.74) is -0.0911. The summed E-state index contributed by atoms with van der Waals surface area (Å²) in [4.78, 5) is 18.3. The number of rotatable bonds is 2. The van der Waals surface area contributed by atoms with E-state index in [1.165, 1.54) is 29.3 Å². The molecule has 0 aromatic carbocycles. The Morgan fingerprint density at radius 1 is 1.53 bits per heavy atom. The zero-order valence-electron chi connectivity index (χ0n) is 7.33. The van der Waals surface area contributed by atoms with E-state index in [1.54, 1.807) is 0 Å². The van der Waals surface area contributed by atoms with Crippen molar-refractivity contribution < 1.29 is 9.90 Å². The van der Waals surface area contributed by atoms with E-state index in [-0.39, 0.29) is 11.6 Å². The maximum Gasteiger partial charge on any atom is 0.354 e. The Balaban J connectivity index is 2.45. The lowest BCUT2D eigenvalue weighted by molar-refractivity contribution is 0.0690. The maximum absolute atomic E-state index is 10.6. The molecular weight excluding hydrogens is 220 g/mol. The molecule has 0 radical (unpaired) electrons. The first-order valence-electron chi connectivity index (χ1n) is 3.94. The molecule has 2 aromatic heterocycles. The quantitative estimate of drug-likeness (QED) is 0.824. The van der Waals surface area contributed by atoms with E-state index < -0.39 is 5.97 Å². The number of aromatic carboxylic acids is 1. The summed E-state index contributed by atoms with van der Waals surface area (Å²) in [6.07, 6.45) is 4.25. The zero-order valence-corrected chi connectivity index (χ0v) is 8.09. The van der Waals surface area contributed by atoms with Crippen LogP contribution >= 0.6 is 11.6 Å².